The van der Waals surface area contributed by atoms with Gasteiger partial charge in [-0.05, 0) is 27.4 Å². The number of rotatable bonds is 0. The zero-order chi connectivity index (χ0) is 9.42. The average molecular weight is 253 g/mol. The van der Waals surface area contributed by atoms with Crippen LogP contribution in [0.15, 0.2) is 22.8 Å². The molecule has 0 bridgehead atoms. The van der Waals surface area contributed by atoms with Gasteiger partial charge in [0.15, 0.2) is 0 Å². The molecule has 62 valence electrons. The van der Waals surface area contributed by atoms with Crippen LogP contribution in [0.2, 0.25) is 5.02 Å². The molecule has 0 aliphatic rings. The van der Waals surface area contributed by atoms with E-state index in [-0.39, 0.29) is 0 Å². The standard InChI is InChI=1S/C8H3BBrClN2/c9-7-4-2-1-3-5(11)6(4)8(10)13-12-7/h1-3H. The minimum atomic E-state index is 0.390. The van der Waals surface area contributed by atoms with E-state index in [0.717, 1.165) is 10.8 Å². The summed E-state index contributed by atoms with van der Waals surface area (Å²) in [7, 11) is 5.64. The van der Waals surface area contributed by atoms with E-state index in [0.29, 0.717) is 15.2 Å². The van der Waals surface area contributed by atoms with Crippen molar-refractivity contribution in [1.82, 2.24) is 10.2 Å². The monoisotopic (exact) mass is 252 g/mol. The predicted molar refractivity (Wildman–Crippen MR) is 57.6 cm³/mol. The van der Waals surface area contributed by atoms with Crippen LogP contribution in [0.4, 0.5) is 0 Å². The van der Waals surface area contributed by atoms with Gasteiger partial charge in [0.2, 0.25) is 0 Å². The van der Waals surface area contributed by atoms with Crippen molar-refractivity contribution in [2.24, 2.45) is 0 Å². The maximum absolute atomic E-state index is 5.98. The number of benzene rings is 1. The quantitative estimate of drug-likeness (QED) is 0.670. The van der Waals surface area contributed by atoms with Gasteiger partial charge in [0.1, 0.15) is 12.4 Å². The molecule has 0 amide bonds. The SMILES string of the molecule is [B]c1nnc(Br)c2c(Cl)cccc12. The molecule has 0 aliphatic carbocycles. The van der Waals surface area contributed by atoms with E-state index >= 15 is 0 Å². The molecule has 2 nitrogen and oxygen atoms in total. The zero-order valence-electron chi connectivity index (χ0n) is 6.46. The van der Waals surface area contributed by atoms with Crippen molar-refractivity contribution in [3.05, 3.63) is 27.8 Å². The minimum absolute atomic E-state index is 0.390. The summed E-state index contributed by atoms with van der Waals surface area (Å²) in [4.78, 5) is 0. The molecule has 1 heterocycles. The van der Waals surface area contributed by atoms with Crippen LogP contribution < -0.4 is 5.59 Å². The summed E-state index contributed by atoms with van der Waals surface area (Å²) in [6.45, 7) is 0. The van der Waals surface area contributed by atoms with Gasteiger partial charge >= 0.3 is 0 Å². The molecular formula is C8H3BBrClN2. The lowest BCUT2D eigenvalue weighted by Gasteiger charge is -2.03. The van der Waals surface area contributed by atoms with Crippen molar-refractivity contribution in [3.8, 4) is 0 Å². The summed E-state index contributed by atoms with van der Waals surface area (Å²) in [5.41, 5.74) is 0.390. The Kier molecular flexibility index (Phi) is 2.26. The minimum Gasteiger partial charge on any atom is -0.166 e. The van der Waals surface area contributed by atoms with Crippen molar-refractivity contribution in [1.29, 1.82) is 0 Å². The predicted octanol–water partition coefficient (Wildman–Crippen LogP) is 1.84. The van der Waals surface area contributed by atoms with Gasteiger partial charge in [0, 0.05) is 11.0 Å². The number of hydrogen-bond acceptors (Lipinski definition) is 2. The summed E-state index contributed by atoms with van der Waals surface area (Å²) in [6, 6.07) is 5.47. The van der Waals surface area contributed by atoms with Crippen LogP contribution in [0.5, 0.6) is 0 Å². The van der Waals surface area contributed by atoms with E-state index in [2.05, 4.69) is 26.1 Å². The van der Waals surface area contributed by atoms with E-state index in [1.165, 1.54) is 0 Å². The Morgan fingerprint density at radius 1 is 1.31 bits per heavy atom. The third kappa shape index (κ3) is 1.44. The Morgan fingerprint density at radius 3 is 2.77 bits per heavy atom. The average Bonchev–Trinajstić information content (AvgIpc) is 2.12. The van der Waals surface area contributed by atoms with Crippen LogP contribution in [-0.2, 0) is 0 Å². The lowest BCUT2D eigenvalue weighted by molar-refractivity contribution is 1.05. The van der Waals surface area contributed by atoms with Gasteiger partial charge in [-0.2, -0.15) is 5.10 Å². The smallest absolute Gasteiger partial charge is 0.145 e. The van der Waals surface area contributed by atoms with Crippen LogP contribution >= 0.6 is 27.5 Å². The Bertz CT molecular complexity index is 467. The molecular weight excluding hydrogens is 250 g/mol. The third-order valence-electron chi connectivity index (χ3n) is 1.74. The Labute approximate surface area is 89.8 Å². The van der Waals surface area contributed by atoms with Crippen LogP contribution in [0.25, 0.3) is 10.8 Å². The summed E-state index contributed by atoms with van der Waals surface area (Å²) in [5.74, 6) is 0. The van der Waals surface area contributed by atoms with E-state index < -0.39 is 0 Å². The maximum Gasteiger partial charge on any atom is 0.145 e. The Hall–Kier alpha value is -0.605. The molecule has 1 aromatic heterocycles. The van der Waals surface area contributed by atoms with Crippen molar-refractivity contribution >= 4 is 51.7 Å². The highest BCUT2D eigenvalue weighted by Gasteiger charge is 2.06. The van der Waals surface area contributed by atoms with Gasteiger partial charge in [-0.25, -0.2) is 0 Å². The highest BCUT2D eigenvalue weighted by molar-refractivity contribution is 9.10. The highest BCUT2D eigenvalue weighted by atomic mass is 79.9. The van der Waals surface area contributed by atoms with Crippen molar-refractivity contribution in [2.75, 3.05) is 0 Å². The molecule has 0 saturated carbocycles. The fourth-order valence-corrected chi connectivity index (χ4v) is 2.03. The van der Waals surface area contributed by atoms with Crippen LogP contribution in [0.3, 0.4) is 0 Å². The van der Waals surface area contributed by atoms with Gasteiger partial charge in [-0.1, -0.05) is 23.7 Å². The van der Waals surface area contributed by atoms with Crippen molar-refractivity contribution < 1.29 is 0 Å². The highest BCUT2D eigenvalue weighted by Crippen LogP contribution is 2.26. The lowest BCUT2D eigenvalue weighted by Crippen LogP contribution is -2.11. The van der Waals surface area contributed by atoms with Gasteiger partial charge in [0.25, 0.3) is 0 Å². The second-order valence-electron chi connectivity index (χ2n) is 2.54. The largest absolute Gasteiger partial charge is 0.166 e. The lowest BCUT2D eigenvalue weighted by atomic mass is 9.98. The van der Waals surface area contributed by atoms with Crippen LogP contribution in [-0.4, -0.2) is 18.0 Å². The number of hydrogen-bond donors (Lipinski definition) is 0. The van der Waals surface area contributed by atoms with Crippen LogP contribution in [0.1, 0.15) is 0 Å². The first kappa shape index (κ1) is 8.97. The molecule has 1 aromatic carbocycles. The normalized spacial score (nSPS) is 10.6. The molecule has 0 spiro atoms. The third-order valence-corrected chi connectivity index (χ3v) is 2.61. The maximum atomic E-state index is 5.98. The van der Waals surface area contributed by atoms with E-state index in [4.69, 9.17) is 19.4 Å². The first-order valence-corrected chi connectivity index (χ1v) is 4.73. The van der Waals surface area contributed by atoms with Gasteiger partial charge in [-0.15, -0.1) is 5.10 Å². The van der Waals surface area contributed by atoms with Gasteiger partial charge in [-0.3, -0.25) is 0 Å². The first-order chi connectivity index (χ1) is 6.20. The Morgan fingerprint density at radius 2 is 2.08 bits per heavy atom. The number of nitrogens with zero attached hydrogens (tertiary/aromatic N) is 2. The molecule has 0 saturated heterocycles. The number of aromatic nitrogens is 2. The van der Waals surface area contributed by atoms with Gasteiger partial charge < -0.3 is 0 Å². The fraction of sp³-hybridized carbons (Fsp3) is 0. The molecule has 2 radical (unpaired) electrons. The van der Waals surface area contributed by atoms with Crippen LogP contribution in [0, 0.1) is 0 Å². The summed E-state index contributed by atoms with van der Waals surface area (Å²) in [5, 5.41) is 9.83. The molecule has 2 rings (SSSR count). The molecule has 13 heavy (non-hydrogen) atoms. The molecule has 2 aromatic rings. The number of fused-ring (bicyclic) bond motifs is 1. The molecule has 0 unspecified atom stereocenters. The molecule has 0 atom stereocenters. The number of halogens is 2. The molecule has 0 N–H and O–H groups in total. The molecule has 0 fully saturated rings. The van der Waals surface area contributed by atoms with Gasteiger partial charge in [0.05, 0.1) is 5.02 Å². The fourth-order valence-electron chi connectivity index (χ4n) is 1.15. The van der Waals surface area contributed by atoms with Crippen molar-refractivity contribution in [2.45, 2.75) is 0 Å². The van der Waals surface area contributed by atoms with Crippen molar-refractivity contribution in [3.63, 3.8) is 0 Å². The summed E-state index contributed by atoms with van der Waals surface area (Å²) >= 11 is 9.25. The second-order valence-corrected chi connectivity index (χ2v) is 3.70. The molecule has 5 heteroatoms. The molecule has 0 aliphatic heterocycles. The second kappa shape index (κ2) is 3.27. The van der Waals surface area contributed by atoms with E-state index in [1.54, 1.807) is 6.07 Å². The topological polar surface area (TPSA) is 25.8 Å². The zero-order valence-corrected chi connectivity index (χ0v) is 8.80. The summed E-state index contributed by atoms with van der Waals surface area (Å²) in [6.07, 6.45) is 0. The first-order valence-electron chi connectivity index (χ1n) is 3.56. The van der Waals surface area contributed by atoms with E-state index in [9.17, 15) is 0 Å². The summed E-state index contributed by atoms with van der Waals surface area (Å²) < 4.78 is 0.613. The Balaban J connectivity index is 3.00. The van der Waals surface area contributed by atoms with E-state index in [1.807, 2.05) is 12.1 Å².